The van der Waals surface area contributed by atoms with Crippen LogP contribution in [0.15, 0.2) is 6.07 Å². The van der Waals surface area contributed by atoms with Gasteiger partial charge < -0.3 is 5.11 Å². The van der Waals surface area contributed by atoms with Crippen LogP contribution in [0.25, 0.3) is 0 Å². The lowest BCUT2D eigenvalue weighted by Gasteiger charge is -2.11. The van der Waals surface area contributed by atoms with Crippen molar-refractivity contribution in [2.45, 2.75) is 18.7 Å². The van der Waals surface area contributed by atoms with Crippen molar-refractivity contribution in [2.24, 2.45) is 0 Å². The molecule has 0 aliphatic heterocycles. The molecule has 0 spiro atoms. The van der Waals surface area contributed by atoms with Gasteiger partial charge in [-0.05, 0) is 11.6 Å². The summed E-state index contributed by atoms with van der Waals surface area (Å²) in [5, 5.41) is 8.54. The van der Waals surface area contributed by atoms with Crippen molar-refractivity contribution in [3.63, 3.8) is 0 Å². The van der Waals surface area contributed by atoms with Crippen molar-refractivity contribution < 1.29 is 18.7 Å². The van der Waals surface area contributed by atoms with Gasteiger partial charge in [-0.1, -0.05) is 11.6 Å². The van der Waals surface area contributed by atoms with E-state index in [0.717, 1.165) is 6.07 Å². The first-order valence-corrected chi connectivity index (χ1v) is 5.11. The van der Waals surface area contributed by atoms with Crippen LogP contribution in [0.5, 0.6) is 0 Å². The molecule has 88 valence electrons. The number of aliphatic carboxylic acids is 1. The van der Waals surface area contributed by atoms with Gasteiger partial charge in [0.15, 0.2) is 0 Å². The van der Waals surface area contributed by atoms with Crippen LogP contribution < -0.4 is 0 Å². The summed E-state index contributed by atoms with van der Waals surface area (Å²) in [6, 6.07) is 1.12. The minimum Gasteiger partial charge on any atom is -0.481 e. The molecule has 1 N–H and O–H groups in total. The highest BCUT2D eigenvalue weighted by atomic mass is 35.5. The van der Waals surface area contributed by atoms with Gasteiger partial charge in [-0.3, -0.25) is 4.79 Å². The zero-order chi connectivity index (χ0) is 12.3. The quantitative estimate of drug-likeness (QED) is 0.675. The van der Waals surface area contributed by atoms with Crippen molar-refractivity contribution in [1.29, 1.82) is 0 Å². The van der Waals surface area contributed by atoms with Gasteiger partial charge in [0.25, 0.3) is 6.43 Å². The first-order valence-electron chi connectivity index (χ1n) is 4.19. The van der Waals surface area contributed by atoms with E-state index in [2.05, 4.69) is 4.98 Å². The van der Waals surface area contributed by atoms with Gasteiger partial charge in [0, 0.05) is 5.56 Å². The van der Waals surface area contributed by atoms with Crippen molar-refractivity contribution >= 4 is 29.2 Å². The molecule has 1 rings (SSSR count). The Morgan fingerprint density at radius 1 is 1.56 bits per heavy atom. The van der Waals surface area contributed by atoms with E-state index in [-0.39, 0.29) is 22.3 Å². The zero-order valence-corrected chi connectivity index (χ0v) is 9.40. The number of aromatic nitrogens is 1. The molecular weight excluding hydrogens is 263 g/mol. The van der Waals surface area contributed by atoms with Crippen LogP contribution in [-0.2, 0) is 17.1 Å². The molecule has 0 radical (unpaired) electrons. The Labute approximate surface area is 100 Å². The number of halogens is 4. The highest BCUT2D eigenvalue weighted by Gasteiger charge is 2.21. The van der Waals surface area contributed by atoms with E-state index >= 15 is 0 Å². The highest BCUT2D eigenvalue weighted by Crippen LogP contribution is 2.29. The molecule has 0 saturated carbocycles. The number of hydrogen-bond acceptors (Lipinski definition) is 2. The molecule has 0 aromatic carbocycles. The smallest absolute Gasteiger partial charge is 0.307 e. The summed E-state index contributed by atoms with van der Waals surface area (Å²) in [7, 11) is 0. The summed E-state index contributed by atoms with van der Waals surface area (Å²) in [5.74, 6) is -1.46. The summed E-state index contributed by atoms with van der Waals surface area (Å²) < 4.78 is 25.4. The van der Waals surface area contributed by atoms with Crippen molar-refractivity contribution in [3.8, 4) is 0 Å². The second-order valence-corrected chi connectivity index (χ2v) is 3.62. The molecule has 0 fully saturated rings. The molecule has 0 aliphatic rings. The normalized spacial score (nSPS) is 10.8. The first kappa shape index (κ1) is 13.1. The van der Waals surface area contributed by atoms with Crippen molar-refractivity contribution in [1.82, 2.24) is 4.98 Å². The lowest BCUT2D eigenvalue weighted by molar-refractivity contribution is -0.136. The van der Waals surface area contributed by atoms with E-state index in [1.54, 1.807) is 0 Å². The predicted molar refractivity (Wildman–Crippen MR) is 55.1 cm³/mol. The van der Waals surface area contributed by atoms with Gasteiger partial charge in [0.05, 0.1) is 18.0 Å². The third kappa shape index (κ3) is 3.02. The molecule has 1 aromatic rings. The highest BCUT2D eigenvalue weighted by molar-refractivity contribution is 6.29. The maximum absolute atomic E-state index is 12.7. The minimum atomic E-state index is -2.83. The van der Waals surface area contributed by atoms with Crippen molar-refractivity contribution in [3.05, 3.63) is 28.0 Å². The molecule has 7 heteroatoms. The van der Waals surface area contributed by atoms with Gasteiger partial charge >= 0.3 is 5.97 Å². The molecular formula is C9H7Cl2F2NO2. The molecule has 0 bridgehead atoms. The topological polar surface area (TPSA) is 50.2 Å². The van der Waals surface area contributed by atoms with E-state index in [9.17, 15) is 13.6 Å². The van der Waals surface area contributed by atoms with Crippen LogP contribution in [0.2, 0.25) is 5.15 Å². The average molecular weight is 270 g/mol. The van der Waals surface area contributed by atoms with Gasteiger partial charge in [0.2, 0.25) is 0 Å². The maximum Gasteiger partial charge on any atom is 0.307 e. The molecule has 0 atom stereocenters. The average Bonchev–Trinajstić information content (AvgIpc) is 2.14. The van der Waals surface area contributed by atoms with Crippen LogP contribution >= 0.6 is 23.2 Å². The second-order valence-electron chi connectivity index (χ2n) is 2.97. The summed E-state index contributed by atoms with van der Waals surface area (Å²) in [6.07, 6.45) is -3.36. The molecule has 1 aromatic heterocycles. The molecule has 0 amide bonds. The van der Waals surface area contributed by atoms with Crippen LogP contribution in [-0.4, -0.2) is 16.1 Å². The molecule has 1 heterocycles. The molecule has 0 saturated heterocycles. The van der Waals surface area contributed by atoms with Crippen molar-refractivity contribution in [2.75, 3.05) is 0 Å². The summed E-state index contributed by atoms with van der Waals surface area (Å²) in [5.41, 5.74) is -0.583. The van der Waals surface area contributed by atoms with Gasteiger partial charge in [-0.2, -0.15) is 0 Å². The van der Waals surface area contributed by atoms with Gasteiger partial charge in [-0.25, -0.2) is 13.8 Å². The van der Waals surface area contributed by atoms with Crippen LogP contribution in [0.4, 0.5) is 8.78 Å². The van der Waals surface area contributed by atoms with Gasteiger partial charge in [0.1, 0.15) is 5.15 Å². The van der Waals surface area contributed by atoms with E-state index in [4.69, 9.17) is 28.3 Å². The zero-order valence-electron chi connectivity index (χ0n) is 7.88. The van der Waals surface area contributed by atoms with Crippen LogP contribution in [0.1, 0.15) is 23.2 Å². The Balaban J connectivity index is 3.32. The largest absolute Gasteiger partial charge is 0.481 e. The lowest BCUT2D eigenvalue weighted by Crippen LogP contribution is -2.08. The number of nitrogens with zero attached hydrogens (tertiary/aromatic N) is 1. The number of carboxylic acids is 1. The number of pyridine rings is 1. The van der Waals surface area contributed by atoms with Crippen LogP contribution in [0, 0.1) is 0 Å². The number of carboxylic acid groups (broad SMARTS) is 1. The summed E-state index contributed by atoms with van der Waals surface area (Å²) in [4.78, 5) is 14.2. The Morgan fingerprint density at radius 2 is 2.19 bits per heavy atom. The van der Waals surface area contributed by atoms with E-state index in [1.165, 1.54) is 0 Å². The number of alkyl halides is 3. The number of rotatable bonds is 4. The Bertz CT molecular complexity index is 413. The minimum absolute atomic E-state index is 0.0451. The van der Waals surface area contributed by atoms with Gasteiger partial charge in [-0.15, -0.1) is 11.6 Å². The Morgan fingerprint density at radius 3 is 2.62 bits per heavy atom. The van der Waals surface area contributed by atoms with E-state index in [1.807, 2.05) is 0 Å². The summed E-state index contributed by atoms with van der Waals surface area (Å²) in [6.45, 7) is 0. The molecule has 0 unspecified atom stereocenters. The third-order valence-electron chi connectivity index (χ3n) is 1.88. The SMILES string of the molecule is O=C(O)Cc1cc(Cl)nc(CCl)c1C(F)F. The lowest BCUT2D eigenvalue weighted by atomic mass is 10.0. The fourth-order valence-corrected chi connectivity index (χ4v) is 1.74. The fourth-order valence-electron chi connectivity index (χ4n) is 1.31. The third-order valence-corrected chi connectivity index (χ3v) is 2.33. The molecule has 16 heavy (non-hydrogen) atoms. The Kier molecular flexibility index (Phi) is 4.44. The molecule has 3 nitrogen and oxygen atoms in total. The number of hydrogen-bond donors (Lipinski definition) is 1. The monoisotopic (exact) mass is 269 g/mol. The van der Waals surface area contributed by atoms with E-state index < -0.39 is 24.4 Å². The Hall–Kier alpha value is -0.940. The fraction of sp³-hybridized carbons (Fsp3) is 0.333. The predicted octanol–water partition coefficient (Wildman–Crippen LogP) is 3.04. The maximum atomic E-state index is 12.7. The standard InChI is InChI=1S/C9H7Cl2F2NO2/c10-3-5-8(9(12)13)4(2-7(15)16)1-6(11)14-5/h1,9H,2-3H2,(H,15,16). The number of carbonyl (C=O) groups is 1. The first-order chi connectivity index (χ1) is 7.45. The van der Waals surface area contributed by atoms with E-state index in [0.29, 0.717) is 0 Å². The molecule has 0 aliphatic carbocycles. The summed E-state index contributed by atoms with van der Waals surface area (Å²) >= 11 is 11.0. The second kappa shape index (κ2) is 5.41. The van der Waals surface area contributed by atoms with Crippen LogP contribution in [0.3, 0.4) is 0 Å².